The van der Waals surface area contributed by atoms with Gasteiger partial charge in [0.05, 0.1) is 0 Å². The van der Waals surface area contributed by atoms with Gasteiger partial charge >= 0.3 is 493 Å². The Bertz CT molecular complexity index is 5270. The van der Waals surface area contributed by atoms with E-state index in [0.717, 1.165) is 7.85 Å². The summed E-state index contributed by atoms with van der Waals surface area (Å²) < 4.78 is 10.6. The van der Waals surface area contributed by atoms with Crippen LogP contribution in [-0.2, 0) is 0 Å². The van der Waals surface area contributed by atoms with Crippen molar-refractivity contribution in [3.63, 3.8) is 0 Å². The summed E-state index contributed by atoms with van der Waals surface area (Å²) in [5, 5.41) is 21.8. The van der Waals surface area contributed by atoms with E-state index in [2.05, 4.69) is 250 Å². The first-order valence-corrected chi connectivity index (χ1v) is 42.5. The molecule has 0 bridgehead atoms. The maximum atomic E-state index is 2.56. The third kappa shape index (κ3) is 8.70. The van der Waals surface area contributed by atoms with Gasteiger partial charge in [-0.2, -0.15) is 0 Å². The molecule has 0 nitrogen and oxygen atoms in total. The van der Waals surface area contributed by atoms with Gasteiger partial charge in [0.15, 0.2) is 0 Å². The van der Waals surface area contributed by atoms with Crippen molar-refractivity contribution in [3.8, 4) is 89.0 Å². The molecular formula is C86H70I4-4. The van der Waals surface area contributed by atoms with Gasteiger partial charge in [-0.15, -0.1) is 0 Å². The monoisotopic (exact) mass is 1610 g/mol. The minimum absolute atomic E-state index is 0.0809. The summed E-state index contributed by atoms with van der Waals surface area (Å²) >= 11 is -0.467. The summed E-state index contributed by atoms with van der Waals surface area (Å²) in [7, 11) is 0. The van der Waals surface area contributed by atoms with E-state index < -0.39 is 0 Å². The molecule has 90 heavy (non-hydrogen) atoms. The molecule has 0 aromatic heterocycles. The van der Waals surface area contributed by atoms with Crippen molar-refractivity contribution in [2.75, 3.05) is 8.86 Å². The van der Waals surface area contributed by atoms with Crippen LogP contribution in [0.1, 0.15) is 78.4 Å². The van der Waals surface area contributed by atoms with Crippen LogP contribution >= 0.6 is 0 Å². The van der Waals surface area contributed by atoms with Gasteiger partial charge in [-0.05, 0) is 25.0 Å². The standard InChI is InChI=1S/C86H70I4/c1-9-45-87-69-41-42-70(88-46-10-2)80-65-37-33-53(57-17-13-21-61(75(57)65)79(69)80)55-35-39-67-77-59(55)19-15-23-63(77)83-73(51-29-25-47(5)26-30-51)84-64-24-16-20-60-56(36-40-68(78(60)64)86(84)74(85(67)83)52-31-27-48(6)28-32-52)54-34-38-66-76-58(54)18-14-22-62(76)81-71(89-49(7)11-3)43-44-72(82(66)81)90-50(8)12-4/h13-44,49-50H,9-12,45-46H2,1-8H3/q-4. The van der Waals surface area contributed by atoms with Crippen LogP contribution in [0.25, 0.3) is 175 Å². The molecule has 0 amide bonds. The molecule has 0 aliphatic heterocycles. The Balaban J connectivity index is 0.930. The van der Waals surface area contributed by atoms with Crippen LogP contribution in [0.3, 0.4) is 0 Å². The normalized spacial score (nSPS) is 13.4. The summed E-state index contributed by atoms with van der Waals surface area (Å²) in [6, 6.07) is 78.3. The molecule has 2 aliphatic carbocycles. The second-order valence-corrected chi connectivity index (χ2v) is 39.2. The Morgan fingerprint density at radius 3 is 0.944 bits per heavy atom. The molecule has 17 rings (SSSR count). The van der Waals surface area contributed by atoms with Gasteiger partial charge in [-0.25, -0.2) is 0 Å². The van der Waals surface area contributed by atoms with Crippen LogP contribution in [0.2, 0.25) is 0 Å². The van der Waals surface area contributed by atoms with Crippen LogP contribution in [0.5, 0.6) is 0 Å². The number of hydrogen-bond donors (Lipinski definition) is 0. The third-order valence-corrected chi connectivity index (χ3v) is 33.6. The Labute approximate surface area is 571 Å². The van der Waals surface area contributed by atoms with Crippen LogP contribution in [0, 0.1) is 28.1 Å². The number of aryl methyl sites for hydroxylation is 2. The number of halogens is 4. The fourth-order valence-electron chi connectivity index (χ4n) is 15.6. The van der Waals surface area contributed by atoms with Crippen LogP contribution in [0.4, 0.5) is 0 Å². The van der Waals surface area contributed by atoms with Crippen molar-refractivity contribution in [1.82, 2.24) is 0 Å². The molecule has 446 valence electrons. The van der Waals surface area contributed by atoms with Gasteiger partial charge in [-0.1, -0.05) is 59.7 Å². The zero-order valence-corrected chi connectivity index (χ0v) is 61.0. The summed E-state index contributed by atoms with van der Waals surface area (Å²) in [4.78, 5) is 0. The van der Waals surface area contributed by atoms with Crippen LogP contribution in [-0.4, -0.2) is 16.7 Å². The van der Waals surface area contributed by atoms with Crippen molar-refractivity contribution < 1.29 is 84.8 Å². The van der Waals surface area contributed by atoms with E-state index in [-0.39, 0.29) is 84.8 Å². The van der Waals surface area contributed by atoms with E-state index >= 15 is 0 Å². The molecule has 0 saturated carbocycles. The zero-order valence-electron chi connectivity index (χ0n) is 52.4. The number of benzene rings is 13. The number of alkyl halides is 4. The molecule has 0 saturated heterocycles. The molecule has 0 heterocycles. The first kappa shape index (κ1) is 57.7. The Kier molecular flexibility index (Phi) is 14.6. The number of hydrogen-bond acceptors (Lipinski definition) is 0. The molecule has 2 atom stereocenters. The summed E-state index contributed by atoms with van der Waals surface area (Å²) in [5.74, 6) is 0. The van der Waals surface area contributed by atoms with E-state index in [9.17, 15) is 0 Å². The SMILES string of the molecule is CCC[I-]c1ccc([I-]CCC)c2c1-c1cccc3c(-c4ccc5c6c(-c7ccc(C)cc7)c7c8ccc(-c9ccc%10c%11c(cccc9%11)-c9c([I-]C(C)CC)ccc([I-]C(C)CC)c9-%10)c9cccc(c7c(-c7ccc(C)cc7)c6c6cccc4c65)c98)ccc-2c13. The average Bonchev–Trinajstić information content (AvgIpc) is 1.52. The molecule has 15 aromatic rings. The molecule has 2 unspecified atom stereocenters. The van der Waals surface area contributed by atoms with Crippen molar-refractivity contribution in [3.05, 3.63) is 220 Å². The topological polar surface area (TPSA) is 0 Å². The summed E-state index contributed by atoms with van der Waals surface area (Å²) in [5.41, 5.74) is 25.2. The predicted octanol–water partition coefficient (Wildman–Crippen LogP) is 11.8. The van der Waals surface area contributed by atoms with E-state index in [4.69, 9.17) is 0 Å². The fourth-order valence-corrected chi connectivity index (χ4v) is 26.3. The quantitative estimate of drug-likeness (QED) is 0.0668. The third-order valence-electron chi connectivity index (χ3n) is 19.9. The molecule has 2 aliphatic rings. The molecule has 0 fully saturated rings. The summed E-state index contributed by atoms with van der Waals surface area (Å²) in [6.45, 7) is 18.9. The Morgan fingerprint density at radius 2 is 0.567 bits per heavy atom. The second kappa shape index (κ2) is 22.8. The van der Waals surface area contributed by atoms with Crippen molar-refractivity contribution in [1.29, 1.82) is 0 Å². The van der Waals surface area contributed by atoms with Crippen molar-refractivity contribution in [2.24, 2.45) is 0 Å². The van der Waals surface area contributed by atoms with E-state index in [1.165, 1.54) is 199 Å². The Hall–Kier alpha value is -6.18. The van der Waals surface area contributed by atoms with Crippen molar-refractivity contribution in [2.45, 2.75) is 88.9 Å². The predicted molar refractivity (Wildman–Crippen MR) is 374 cm³/mol. The van der Waals surface area contributed by atoms with Gasteiger partial charge in [0, 0.05) is 0 Å². The van der Waals surface area contributed by atoms with Gasteiger partial charge in [0.2, 0.25) is 0 Å². The first-order chi connectivity index (χ1) is 44.2. The molecule has 0 spiro atoms. The zero-order chi connectivity index (χ0) is 60.8. The molecular weight excluding hydrogens is 1540 g/mol. The van der Waals surface area contributed by atoms with Gasteiger partial charge in [0.1, 0.15) is 0 Å². The maximum absolute atomic E-state index is 2.56. The average molecular weight is 1610 g/mol. The van der Waals surface area contributed by atoms with Crippen LogP contribution < -0.4 is 84.8 Å². The number of fused-ring (bicyclic) bond motifs is 12. The van der Waals surface area contributed by atoms with Crippen molar-refractivity contribution >= 4 is 86.2 Å². The number of rotatable bonds is 16. The molecule has 4 heteroatoms. The second-order valence-electron chi connectivity index (χ2n) is 25.3. The molecule has 0 N–H and O–H groups in total. The van der Waals surface area contributed by atoms with Crippen LogP contribution in [0.15, 0.2) is 194 Å². The van der Waals surface area contributed by atoms with Gasteiger partial charge < -0.3 is 0 Å². The fraction of sp³-hybridized carbons (Fsp3) is 0.186. The minimum atomic E-state index is -0.153. The van der Waals surface area contributed by atoms with E-state index in [1.807, 2.05) is 0 Å². The van der Waals surface area contributed by atoms with E-state index in [1.54, 1.807) is 36.5 Å². The van der Waals surface area contributed by atoms with Gasteiger partial charge in [-0.3, -0.25) is 0 Å². The summed E-state index contributed by atoms with van der Waals surface area (Å²) in [6.07, 6.45) is 4.97. The Morgan fingerprint density at radius 1 is 0.267 bits per heavy atom. The first-order valence-electron chi connectivity index (χ1n) is 32.6. The van der Waals surface area contributed by atoms with Gasteiger partial charge in [0.25, 0.3) is 0 Å². The van der Waals surface area contributed by atoms with E-state index in [0.29, 0.717) is 0 Å². The molecule has 0 radical (unpaired) electrons. The molecule has 15 aromatic carbocycles.